The highest BCUT2D eigenvalue weighted by molar-refractivity contribution is 5.87. The van der Waals surface area contributed by atoms with Crippen LogP contribution in [0.1, 0.15) is 71.6 Å². The minimum atomic E-state index is -0.246. The van der Waals surface area contributed by atoms with Crippen molar-refractivity contribution < 1.29 is 9.90 Å². The summed E-state index contributed by atoms with van der Waals surface area (Å²) in [6, 6.07) is 0. The lowest BCUT2D eigenvalue weighted by Gasteiger charge is -2.61. The Labute approximate surface area is 128 Å². The van der Waals surface area contributed by atoms with E-state index in [4.69, 9.17) is 0 Å². The molecule has 0 aromatic rings. The number of Topliss-reactive ketones (excluding diaryl/α,β-unsaturated/α-hetero) is 1. The summed E-state index contributed by atoms with van der Waals surface area (Å²) in [5, 5.41) is 11.0. The molecule has 118 valence electrons. The van der Waals surface area contributed by atoms with Crippen molar-refractivity contribution in [2.45, 2.75) is 77.7 Å². The SMILES string of the molecule is C[C@]12CCCCC1CC[C@@H]1[C@@H]2C(O)C[C@]2(C)C(=O)CC[C@@H]12. The van der Waals surface area contributed by atoms with Gasteiger partial charge >= 0.3 is 0 Å². The average molecular weight is 290 g/mol. The van der Waals surface area contributed by atoms with E-state index < -0.39 is 0 Å². The van der Waals surface area contributed by atoms with Crippen molar-refractivity contribution in [1.82, 2.24) is 0 Å². The van der Waals surface area contributed by atoms with Gasteiger partial charge in [-0.1, -0.05) is 26.7 Å². The van der Waals surface area contributed by atoms with Gasteiger partial charge in [0.15, 0.2) is 0 Å². The van der Waals surface area contributed by atoms with Gasteiger partial charge in [0, 0.05) is 11.8 Å². The van der Waals surface area contributed by atoms with Crippen LogP contribution in [0.25, 0.3) is 0 Å². The normalized spacial score (nSPS) is 56.5. The fourth-order valence-corrected chi connectivity index (χ4v) is 7.19. The molecule has 4 aliphatic carbocycles. The number of ketones is 1. The third-order valence-electron chi connectivity index (χ3n) is 8.22. The molecule has 4 saturated carbocycles. The van der Waals surface area contributed by atoms with Gasteiger partial charge in [0.1, 0.15) is 5.78 Å². The van der Waals surface area contributed by atoms with Crippen LogP contribution in [0.4, 0.5) is 0 Å². The predicted molar refractivity (Wildman–Crippen MR) is 82.7 cm³/mol. The van der Waals surface area contributed by atoms with E-state index in [1.807, 2.05) is 0 Å². The van der Waals surface area contributed by atoms with Crippen LogP contribution < -0.4 is 0 Å². The van der Waals surface area contributed by atoms with Crippen molar-refractivity contribution in [2.24, 2.45) is 34.5 Å². The largest absolute Gasteiger partial charge is 0.393 e. The highest BCUT2D eigenvalue weighted by atomic mass is 16.3. The zero-order valence-corrected chi connectivity index (χ0v) is 13.6. The van der Waals surface area contributed by atoms with Crippen LogP contribution in [0.2, 0.25) is 0 Å². The molecule has 4 fully saturated rings. The first-order valence-electron chi connectivity index (χ1n) is 9.18. The molecule has 7 atom stereocenters. The van der Waals surface area contributed by atoms with Crippen molar-refractivity contribution in [3.8, 4) is 0 Å². The second-order valence-corrected chi connectivity index (χ2v) is 8.97. The number of fused-ring (bicyclic) bond motifs is 5. The van der Waals surface area contributed by atoms with Crippen LogP contribution in [0, 0.1) is 34.5 Å². The third kappa shape index (κ3) is 1.77. The molecule has 4 rings (SSSR count). The fraction of sp³-hybridized carbons (Fsp3) is 0.947. The molecule has 21 heavy (non-hydrogen) atoms. The van der Waals surface area contributed by atoms with Crippen molar-refractivity contribution >= 4 is 5.78 Å². The molecule has 0 aromatic heterocycles. The Balaban J connectivity index is 1.71. The molecule has 0 heterocycles. The van der Waals surface area contributed by atoms with Gasteiger partial charge < -0.3 is 5.11 Å². The number of aliphatic hydroxyl groups is 1. The van der Waals surface area contributed by atoms with E-state index in [2.05, 4.69) is 13.8 Å². The second kappa shape index (κ2) is 4.57. The Hall–Kier alpha value is -0.370. The lowest BCUT2D eigenvalue weighted by Crippen LogP contribution is -2.58. The minimum absolute atomic E-state index is 0.210. The zero-order chi connectivity index (χ0) is 14.8. The lowest BCUT2D eigenvalue weighted by atomic mass is 9.44. The number of hydrogen-bond acceptors (Lipinski definition) is 2. The smallest absolute Gasteiger partial charge is 0.139 e. The molecular formula is C19H30O2. The van der Waals surface area contributed by atoms with Gasteiger partial charge in [-0.25, -0.2) is 0 Å². The lowest BCUT2D eigenvalue weighted by molar-refractivity contribution is -0.168. The second-order valence-electron chi connectivity index (χ2n) is 8.97. The zero-order valence-electron chi connectivity index (χ0n) is 13.6. The van der Waals surface area contributed by atoms with Crippen LogP contribution in [-0.2, 0) is 4.79 Å². The molecule has 1 N–H and O–H groups in total. The summed E-state index contributed by atoms with van der Waals surface area (Å²) < 4.78 is 0. The predicted octanol–water partition coefficient (Wildman–Crippen LogP) is 3.96. The first-order valence-corrected chi connectivity index (χ1v) is 9.18. The fourth-order valence-electron chi connectivity index (χ4n) is 7.19. The third-order valence-corrected chi connectivity index (χ3v) is 8.22. The Bertz CT molecular complexity index is 458. The summed E-state index contributed by atoms with van der Waals surface area (Å²) in [5.74, 6) is 2.87. The van der Waals surface area contributed by atoms with Gasteiger partial charge in [0.2, 0.25) is 0 Å². The molecular weight excluding hydrogens is 260 g/mol. The summed E-state index contributed by atoms with van der Waals surface area (Å²) in [6.45, 7) is 4.62. The van der Waals surface area contributed by atoms with Crippen molar-refractivity contribution in [2.75, 3.05) is 0 Å². The Morgan fingerprint density at radius 1 is 1.10 bits per heavy atom. The number of carbonyl (C=O) groups is 1. The molecule has 0 aliphatic heterocycles. The van der Waals surface area contributed by atoms with E-state index in [1.54, 1.807) is 0 Å². The van der Waals surface area contributed by atoms with Gasteiger partial charge in [-0.2, -0.15) is 0 Å². The average Bonchev–Trinajstić information content (AvgIpc) is 2.73. The first kappa shape index (κ1) is 14.2. The standard InChI is InChI=1S/C19H30O2/c1-18-10-4-3-5-12(18)6-7-13-14-8-9-16(21)19(14,2)11-15(20)17(13)18/h12-15,17,20H,3-11H2,1-2H3/t12?,13-,14-,15?,17+,18-,19-/m0/s1. The molecule has 0 spiro atoms. The van der Waals surface area contributed by atoms with Crippen molar-refractivity contribution in [3.63, 3.8) is 0 Å². The van der Waals surface area contributed by atoms with E-state index in [-0.39, 0.29) is 11.5 Å². The molecule has 4 aliphatic rings. The first-order chi connectivity index (χ1) is 9.97. The summed E-state index contributed by atoms with van der Waals surface area (Å²) in [5.41, 5.74) is 0.131. The van der Waals surface area contributed by atoms with E-state index in [9.17, 15) is 9.90 Å². The van der Waals surface area contributed by atoms with Crippen LogP contribution in [0.3, 0.4) is 0 Å². The van der Waals surface area contributed by atoms with E-state index in [0.717, 1.165) is 25.2 Å². The van der Waals surface area contributed by atoms with Crippen molar-refractivity contribution in [3.05, 3.63) is 0 Å². The molecule has 0 aromatic carbocycles. The quantitative estimate of drug-likeness (QED) is 0.733. The van der Waals surface area contributed by atoms with Gasteiger partial charge in [0.25, 0.3) is 0 Å². The molecule has 0 bridgehead atoms. The maximum absolute atomic E-state index is 12.4. The highest BCUT2D eigenvalue weighted by Crippen LogP contribution is 2.65. The number of aliphatic hydroxyl groups excluding tert-OH is 1. The number of rotatable bonds is 0. The minimum Gasteiger partial charge on any atom is -0.393 e. The topological polar surface area (TPSA) is 37.3 Å². The Kier molecular flexibility index (Phi) is 3.10. The summed E-state index contributed by atoms with van der Waals surface area (Å²) in [6.07, 6.45) is 10.3. The summed E-state index contributed by atoms with van der Waals surface area (Å²) >= 11 is 0. The Morgan fingerprint density at radius 2 is 1.90 bits per heavy atom. The van der Waals surface area contributed by atoms with Gasteiger partial charge in [-0.3, -0.25) is 4.79 Å². The maximum Gasteiger partial charge on any atom is 0.139 e. The van der Waals surface area contributed by atoms with E-state index in [1.165, 1.54) is 38.5 Å². The molecule has 0 saturated heterocycles. The van der Waals surface area contributed by atoms with Crippen LogP contribution in [0.5, 0.6) is 0 Å². The summed E-state index contributed by atoms with van der Waals surface area (Å²) in [4.78, 5) is 12.4. The van der Waals surface area contributed by atoms with Gasteiger partial charge in [0.05, 0.1) is 6.10 Å². The van der Waals surface area contributed by atoms with Crippen LogP contribution >= 0.6 is 0 Å². The molecule has 0 amide bonds. The number of carbonyl (C=O) groups excluding carboxylic acids is 1. The maximum atomic E-state index is 12.4. The molecule has 2 heteroatoms. The monoisotopic (exact) mass is 290 g/mol. The highest BCUT2D eigenvalue weighted by Gasteiger charge is 2.62. The van der Waals surface area contributed by atoms with E-state index >= 15 is 0 Å². The molecule has 2 nitrogen and oxygen atoms in total. The van der Waals surface area contributed by atoms with E-state index in [0.29, 0.717) is 29.0 Å². The van der Waals surface area contributed by atoms with Gasteiger partial charge in [-0.05, 0) is 67.6 Å². The Morgan fingerprint density at radius 3 is 2.71 bits per heavy atom. The molecule has 0 radical (unpaired) electrons. The summed E-state index contributed by atoms with van der Waals surface area (Å²) in [7, 11) is 0. The molecule has 2 unspecified atom stereocenters. The van der Waals surface area contributed by atoms with Crippen LogP contribution in [-0.4, -0.2) is 17.0 Å². The number of hydrogen-bond donors (Lipinski definition) is 1. The van der Waals surface area contributed by atoms with Gasteiger partial charge in [-0.15, -0.1) is 0 Å². The van der Waals surface area contributed by atoms with Crippen LogP contribution in [0.15, 0.2) is 0 Å². The van der Waals surface area contributed by atoms with Crippen molar-refractivity contribution in [1.29, 1.82) is 0 Å².